The van der Waals surface area contributed by atoms with E-state index in [4.69, 9.17) is 27.8 Å². The van der Waals surface area contributed by atoms with Crippen molar-refractivity contribution in [1.29, 1.82) is 0 Å². The third kappa shape index (κ3) is 5.56. The highest BCUT2D eigenvalue weighted by Gasteiger charge is 2.19. The normalized spacial score (nSPS) is 22.6. The van der Waals surface area contributed by atoms with E-state index in [-0.39, 0.29) is 0 Å². The number of nitrogen functional groups attached to an aromatic ring is 1. The van der Waals surface area contributed by atoms with Crippen molar-refractivity contribution < 1.29 is 4.74 Å². The zero-order chi connectivity index (χ0) is 20.9. The van der Waals surface area contributed by atoms with Crippen LogP contribution in [0.15, 0.2) is 30.5 Å². The molecule has 2 fully saturated rings. The zero-order valence-electron chi connectivity index (χ0n) is 17.4. The molecule has 1 saturated heterocycles. The number of aromatic nitrogens is 1. The van der Waals surface area contributed by atoms with Crippen molar-refractivity contribution in [3.8, 4) is 11.1 Å². The van der Waals surface area contributed by atoms with Crippen LogP contribution in [0.1, 0.15) is 38.5 Å². The SMILES string of the molecule is Nc1cc(NCC2CCOCC2)cc(-c2cc(NC3CCC(N)CC3)ncc2Cl)c1. The van der Waals surface area contributed by atoms with E-state index < -0.39 is 0 Å². The van der Waals surface area contributed by atoms with Gasteiger partial charge in [0.25, 0.3) is 0 Å². The van der Waals surface area contributed by atoms with Crippen LogP contribution in [-0.4, -0.2) is 36.8 Å². The molecule has 2 aliphatic rings. The van der Waals surface area contributed by atoms with E-state index in [1.54, 1.807) is 6.20 Å². The van der Waals surface area contributed by atoms with Gasteiger partial charge in [0.1, 0.15) is 5.82 Å². The van der Waals surface area contributed by atoms with Crippen LogP contribution in [0, 0.1) is 5.92 Å². The Morgan fingerprint density at radius 2 is 1.80 bits per heavy atom. The molecule has 1 aliphatic carbocycles. The van der Waals surface area contributed by atoms with Crippen molar-refractivity contribution in [2.75, 3.05) is 36.1 Å². The number of nitrogens with two attached hydrogens (primary N) is 2. The molecule has 0 bridgehead atoms. The van der Waals surface area contributed by atoms with Gasteiger partial charge in [-0.1, -0.05) is 11.6 Å². The first-order valence-corrected chi connectivity index (χ1v) is 11.3. The van der Waals surface area contributed by atoms with E-state index in [0.717, 1.165) is 80.9 Å². The monoisotopic (exact) mass is 429 g/mol. The molecule has 6 N–H and O–H groups in total. The van der Waals surface area contributed by atoms with Gasteiger partial charge in [0.2, 0.25) is 0 Å². The summed E-state index contributed by atoms with van der Waals surface area (Å²) in [4.78, 5) is 4.49. The lowest BCUT2D eigenvalue weighted by atomic mass is 9.92. The fourth-order valence-electron chi connectivity index (χ4n) is 4.33. The second kappa shape index (κ2) is 9.86. The summed E-state index contributed by atoms with van der Waals surface area (Å²) in [5, 5.41) is 7.72. The first-order valence-electron chi connectivity index (χ1n) is 11.0. The molecule has 0 radical (unpaired) electrons. The molecular formula is C23H32ClN5O. The summed E-state index contributed by atoms with van der Waals surface area (Å²) in [6.45, 7) is 2.63. The van der Waals surface area contributed by atoms with Crippen molar-refractivity contribution in [3.63, 3.8) is 0 Å². The molecule has 1 aromatic carbocycles. The molecule has 0 spiro atoms. The van der Waals surface area contributed by atoms with Crippen LogP contribution in [-0.2, 0) is 4.74 Å². The Balaban J connectivity index is 1.48. The summed E-state index contributed by atoms with van der Waals surface area (Å²) in [6.07, 6.45) is 8.15. The number of benzene rings is 1. The van der Waals surface area contributed by atoms with Crippen molar-refractivity contribution in [2.24, 2.45) is 11.7 Å². The fourth-order valence-corrected chi connectivity index (χ4v) is 4.55. The molecule has 1 aromatic heterocycles. The highest BCUT2D eigenvalue weighted by Crippen LogP contribution is 2.33. The molecular weight excluding hydrogens is 398 g/mol. The molecule has 2 aromatic rings. The molecule has 7 heteroatoms. The number of anilines is 3. The van der Waals surface area contributed by atoms with Crippen LogP contribution in [0.4, 0.5) is 17.2 Å². The topological polar surface area (TPSA) is 98.2 Å². The van der Waals surface area contributed by atoms with E-state index in [1.165, 1.54) is 0 Å². The summed E-state index contributed by atoms with van der Waals surface area (Å²) in [5.41, 5.74) is 15.9. The van der Waals surface area contributed by atoms with E-state index in [9.17, 15) is 0 Å². The lowest BCUT2D eigenvalue weighted by Gasteiger charge is -2.27. The molecule has 0 amide bonds. The number of halogens is 1. The molecule has 1 aliphatic heterocycles. The quantitative estimate of drug-likeness (QED) is 0.504. The predicted molar refractivity (Wildman–Crippen MR) is 125 cm³/mol. The Kier molecular flexibility index (Phi) is 6.97. The van der Waals surface area contributed by atoms with Gasteiger partial charge in [0.15, 0.2) is 0 Å². The number of rotatable bonds is 6. The van der Waals surface area contributed by atoms with Gasteiger partial charge < -0.3 is 26.8 Å². The minimum absolute atomic E-state index is 0.330. The van der Waals surface area contributed by atoms with Crippen molar-refractivity contribution >= 4 is 28.8 Å². The van der Waals surface area contributed by atoms with Gasteiger partial charge in [-0.3, -0.25) is 0 Å². The van der Waals surface area contributed by atoms with Gasteiger partial charge in [0.05, 0.1) is 5.02 Å². The van der Waals surface area contributed by atoms with Crippen molar-refractivity contribution in [1.82, 2.24) is 4.98 Å². The van der Waals surface area contributed by atoms with Gasteiger partial charge in [-0.15, -0.1) is 0 Å². The summed E-state index contributed by atoms with van der Waals surface area (Å²) in [7, 11) is 0. The molecule has 0 atom stereocenters. The zero-order valence-corrected chi connectivity index (χ0v) is 18.1. The van der Waals surface area contributed by atoms with Gasteiger partial charge in [-0.2, -0.15) is 0 Å². The molecule has 4 rings (SSSR count). The lowest BCUT2D eigenvalue weighted by Crippen LogP contribution is -2.33. The predicted octanol–water partition coefficient (Wildman–Crippen LogP) is 4.50. The standard InChI is InChI=1S/C23H32ClN5O/c24-22-14-28-23(29-19-3-1-17(25)2-4-19)12-21(22)16-9-18(26)11-20(10-16)27-13-15-5-7-30-8-6-15/h9-12,14-15,17,19,27H,1-8,13,25-26H2,(H,28,29). The molecule has 2 heterocycles. The maximum absolute atomic E-state index is 6.51. The maximum atomic E-state index is 6.51. The maximum Gasteiger partial charge on any atom is 0.126 e. The fraction of sp³-hybridized carbons (Fsp3) is 0.522. The van der Waals surface area contributed by atoms with Crippen molar-refractivity contribution in [3.05, 3.63) is 35.5 Å². The van der Waals surface area contributed by atoms with Crippen LogP contribution in [0.25, 0.3) is 11.1 Å². The summed E-state index contributed by atoms with van der Waals surface area (Å²) >= 11 is 6.51. The third-order valence-electron chi connectivity index (χ3n) is 6.18. The average Bonchev–Trinajstić information content (AvgIpc) is 2.75. The van der Waals surface area contributed by atoms with E-state index in [2.05, 4.69) is 21.7 Å². The minimum Gasteiger partial charge on any atom is -0.399 e. The van der Waals surface area contributed by atoms with Crippen LogP contribution in [0.2, 0.25) is 5.02 Å². The van der Waals surface area contributed by atoms with Crippen LogP contribution < -0.4 is 22.1 Å². The Bertz CT molecular complexity index is 847. The molecule has 30 heavy (non-hydrogen) atoms. The number of ether oxygens (including phenoxy) is 1. The summed E-state index contributed by atoms with van der Waals surface area (Å²) in [5.74, 6) is 1.47. The molecule has 162 valence electrons. The Morgan fingerprint density at radius 1 is 1.03 bits per heavy atom. The first kappa shape index (κ1) is 21.2. The number of nitrogens with one attached hydrogen (secondary N) is 2. The largest absolute Gasteiger partial charge is 0.399 e. The number of hydrogen-bond acceptors (Lipinski definition) is 6. The van der Waals surface area contributed by atoms with E-state index >= 15 is 0 Å². The highest BCUT2D eigenvalue weighted by atomic mass is 35.5. The number of pyridine rings is 1. The van der Waals surface area contributed by atoms with Crippen molar-refractivity contribution in [2.45, 2.75) is 50.6 Å². The highest BCUT2D eigenvalue weighted by molar-refractivity contribution is 6.33. The van der Waals surface area contributed by atoms with Gasteiger partial charge in [0, 0.05) is 55.0 Å². The smallest absolute Gasteiger partial charge is 0.126 e. The van der Waals surface area contributed by atoms with Crippen LogP contribution in [0.5, 0.6) is 0 Å². The van der Waals surface area contributed by atoms with Crippen LogP contribution >= 0.6 is 11.6 Å². The molecule has 1 saturated carbocycles. The number of hydrogen-bond donors (Lipinski definition) is 4. The van der Waals surface area contributed by atoms with Gasteiger partial charge in [-0.25, -0.2) is 4.98 Å². The second-order valence-electron chi connectivity index (χ2n) is 8.59. The van der Waals surface area contributed by atoms with E-state index in [0.29, 0.717) is 28.7 Å². The first-order chi connectivity index (χ1) is 14.6. The van der Waals surface area contributed by atoms with Crippen LogP contribution in [0.3, 0.4) is 0 Å². The lowest BCUT2D eigenvalue weighted by molar-refractivity contribution is 0.0699. The minimum atomic E-state index is 0.330. The average molecular weight is 430 g/mol. The third-order valence-corrected chi connectivity index (χ3v) is 6.48. The van der Waals surface area contributed by atoms with Gasteiger partial charge in [-0.05, 0) is 74.3 Å². The Morgan fingerprint density at radius 3 is 2.57 bits per heavy atom. The number of nitrogens with zero attached hydrogens (tertiary/aromatic N) is 1. The Hall–Kier alpha value is -2.02. The Labute approximate surface area is 183 Å². The summed E-state index contributed by atoms with van der Waals surface area (Å²) < 4.78 is 5.45. The molecule has 0 unspecified atom stereocenters. The second-order valence-corrected chi connectivity index (χ2v) is 8.99. The van der Waals surface area contributed by atoms with Gasteiger partial charge >= 0.3 is 0 Å². The summed E-state index contributed by atoms with van der Waals surface area (Å²) in [6, 6.07) is 8.81. The molecule has 6 nitrogen and oxygen atoms in total. The van der Waals surface area contributed by atoms with E-state index in [1.807, 2.05) is 18.2 Å².